The molecule has 2 N–H and O–H groups in total. The lowest BCUT2D eigenvalue weighted by Crippen LogP contribution is -2.03. The molecule has 2 rings (SSSR count). The fourth-order valence-corrected chi connectivity index (χ4v) is 2.03. The van der Waals surface area contributed by atoms with E-state index in [4.69, 9.17) is 4.74 Å². The molecule has 0 saturated carbocycles. The highest BCUT2D eigenvalue weighted by molar-refractivity contribution is 7.88. The summed E-state index contributed by atoms with van der Waals surface area (Å²) in [6.45, 7) is 2.52. The number of rotatable bonds is 2. The minimum atomic E-state index is -1.21. The molecule has 1 aromatic carbocycles. The molecule has 0 fully saturated rings. The molecule has 0 radical (unpaired) electrons. The van der Waals surface area contributed by atoms with Crippen LogP contribution in [0.2, 0.25) is 0 Å². The Morgan fingerprint density at radius 3 is 3.08 bits per heavy atom. The summed E-state index contributed by atoms with van der Waals surface area (Å²) in [7, 11) is 0. The van der Waals surface area contributed by atoms with Crippen LogP contribution >= 0.6 is 0 Å². The SMILES string of the molecule is CCOc1cccc2c1NS(=O)N2. The summed E-state index contributed by atoms with van der Waals surface area (Å²) in [6, 6.07) is 5.57. The number of hydrogen-bond acceptors (Lipinski definition) is 2. The Kier molecular flexibility index (Phi) is 2.10. The van der Waals surface area contributed by atoms with Crippen molar-refractivity contribution in [2.24, 2.45) is 0 Å². The van der Waals surface area contributed by atoms with Crippen LogP contribution in [0.3, 0.4) is 0 Å². The van der Waals surface area contributed by atoms with Crippen LogP contribution in [0, 0.1) is 0 Å². The van der Waals surface area contributed by atoms with E-state index in [1.54, 1.807) is 0 Å². The molecule has 70 valence electrons. The summed E-state index contributed by atoms with van der Waals surface area (Å²) < 4.78 is 22.0. The first-order chi connectivity index (χ1) is 6.31. The molecule has 1 heterocycles. The van der Waals surface area contributed by atoms with Crippen molar-refractivity contribution in [1.29, 1.82) is 0 Å². The van der Waals surface area contributed by atoms with E-state index in [1.165, 1.54) is 0 Å². The van der Waals surface area contributed by atoms with Crippen molar-refractivity contribution in [1.82, 2.24) is 0 Å². The predicted octanol–water partition coefficient (Wildman–Crippen LogP) is 1.50. The van der Waals surface area contributed by atoms with Gasteiger partial charge in [0.05, 0.1) is 12.3 Å². The Hall–Kier alpha value is -1.23. The molecule has 1 aliphatic rings. The molecule has 1 aliphatic heterocycles. The van der Waals surface area contributed by atoms with Crippen LogP contribution in [0.4, 0.5) is 11.4 Å². The topological polar surface area (TPSA) is 50.4 Å². The maximum atomic E-state index is 11.1. The molecule has 0 aromatic heterocycles. The van der Waals surface area contributed by atoms with Crippen molar-refractivity contribution in [3.8, 4) is 5.75 Å². The average molecular weight is 198 g/mol. The first kappa shape index (κ1) is 8.37. The van der Waals surface area contributed by atoms with Crippen LogP contribution in [0.25, 0.3) is 0 Å². The molecule has 4 nitrogen and oxygen atoms in total. The number of para-hydroxylation sites is 1. The summed E-state index contributed by atoms with van der Waals surface area (Å²) in [5.41, 5.74) is 1.60. The minimum Gasteiger partial charge on any atom is -0.492 e. The average Bonchev–Trinajstić information content (AvgIpc) is 2.47. The summed E-state index contributed by atoms with van der Waals surface area (Å²) >= 11 is -1.21. The van der Waals surface area contributed by atoms with Gasteiger partial charge in [0.2, 0.25) is 11.2 Å². The minimum absolute atomic E-state index is 0.602. The van der Waals surface area contributed by atoms with E-state index >= 15 is 0 Å². The highest BCUT2D eigenvalue weighted by Crippen LogP contribution is 2.36. The van der Waals surface area contributed by atoms with Crippen LogP contribution in [0.1, 0.15) is 6.92 Å². The van der Waals surface area contributed by atoms with E-state index in [1.807, 2.05) is 25.1 Å². The molecule has 5 heteroatoms. The second-order valence-corrected chi connectivity index (χ2v) is 3.53. The summed E-state index contributed by atoms with van der Waals surface area (Å²) in [4.78, 5) is 0. The van der Waals surface area contributed by atoms with E-state index < -0.39 is 11.2 Å². The quantitative estimate of drug-likeness (QED) is 0.756. The Bertz CT molecular complexity index is 354. The Morgan fingerprint density at radius 1 is 1.46 bits per heavy atom. The van der Waals surface area contributed by atoms with Gasteiger partial charge in [-0.15, -0.1) is 0 Å². The monoisotopic (exact) mass is 198 g/mol. The maximum Gasteiger partial charge on any atom is 0.220 e. The normalized spacial score (nSPS) is 18.7. The molecule has 0 aliphatic carbocycles. The highest BCUT2D eigenvalue weighted by Gasteiger charge is 2.18. The van der Waals surface area contributed by atoms with Gasteiger partial charge in [-0.1, -0.05) is 6.07 Å². The van der Waals surface area contributed by atoms with Gasteiger partial charge < -0.3 is 4.74 Å². The van der Waals surface area contributed by atoms with Crippen molar-refractivity contribution in [3.63, 3.8) is 0 Å². The molecule has 1 atom stereocenters. The Morgan fingerprint density at radius 2 is 2.31 bits per heavy atom. The van der Waals surface area contributed by atoms with E-state index in [2.05, 4.69) is 9.44 Å². The summed E-state index contributed by atoms with van der Waals surface area (Å²) in [5, 5.41) is 0. The second-order valence-electron chi connectivity index (χ2n) is 2.58. The molecule has 0 amide bonds. The zero-order chi connectivity index (χ0) is 9.26. The van der Waals surface area contributed by atoms with Crippen LogP contribution in [0.5, 0.6) is 5.75 Å². The van der Waals surface area contributed by atoms with Crippen LogP contribution in [-0.2, 0) is 11.2 Å². The number of ether oxygens (including phenoxy) is 1. The third-order valence-electron chi connectivity index (χ3n) is 1.72. The molecule has 13 heavy (non-hydrogen) atoms. The number of anilines is 2. The van der Waals surface area contributed by atoms with Gasteiger partial charge in [-0.05, 0) is 19.1 Å². The van der Waals surface area contributed by atoms with Crippen molar-refractivity contribution in [2.45, 2.75) is 6.92 Å². The standard InChI is InChI=1S/C8H10N2O2S/c1-2-12-7-5-3-4-6-8(7)10-13(11)9-6/h3-5,9-10H,2H2,1H3. The number of hydrogen-bond donors (Lipinski definition) is 2. The second kappa shape index (κ2) is 3.26. The van der Waals surface area contributed by atoms with Crippen LogP contribution in [0.15, 0.2) is 18.2 Å². The fourth-order valence-electron chi connectivity index (χ4n) is 1.22. The molecule has 1 unspecified atom stereocenters. The van der Waals surface area contributed by atoms with E-state index in [9.17, 15) is 4.21 Å². The van der Waals surface area contributed by atoms with Crippen LogP contribution in [-0.4, -0.2) is 10.8 Å². The third-order valence-corrected chi connectivity index (χ3v) is 2.52. The summed E-state index contributed by atoms with van der Waals surface area (Å²) in [5.74, 6) is 0.735. The number of nitrogens with one attached hydrogen (secondary N) is 2. The van der Waals surface area contributed by atoms with Gasteiger partial charge in [-0.3, -0.25) is 9.44 Å². The zero-order valence-electron chi connectivity index (χ0n) is 7.16. The molecule has 0 spiro atoms. The van der Waals surface area contributed by atoms with Crippen molar-refractivity contribution in [3.05, 3.63) is 18.2 Å². The van der Waals surface area contributed by atoms with Gasteiger partial charge in [0, 0.05) is 0 Å². The lowest BCUT2D eigenvalue weighted by Gasteiger charge is -2.06. The van der Waals surface area contributed by atoms with Gasteiger partial charge in [-0.2, -0.15) is 0 Å². The lowest BCUT2D eigenvalue weighted by molar-refractivity contribution is 0.342. The zero-order valence-corrected chi connectivity index (χ0v) is 7.98. The largest absolute Gasteiger partial charge is 0.492 e. The van der Waals surface area contributed by atoms with Gasteiger partial charge in [0.15, 0.2) is 0 Å². The van der Waals surface area contributed by atoms with Gasteiger partial charge in [0.25, 0.3) is 0 Å². The molecular weight excluding hydrogens is 188 g/mol. The predicted molar refractivity (Wildman–Crippen MR) is 53.0 cm³/mol. The number of fused-ring (bicyclic) bond motifs is 1. The molecule has 0 saturated heterocycles. The van der Waals surface area contributed by atoms with Crippen molar-refractivity contribution < 1.29 is 8.95 Å². The van der Waals surface area contributed by atoms with Gasteiger partial charge in [0.1, 0.15) is 11.4 Å². The Balaban J connectivity index is 2.39. The number of benzene rings is 1. The summed E-state index contributed by atoms with van der Waals surface area (Å²) in [6.07, 6.45) is 0. The molecule has 0 bridgehead atoms. The maximum absolute atomic E-state index is 11.1. The van der Waals surface area contributed by atoms with Crippen LogP contribution < -0.4 is 14.2 Å². The van der Waals surface area contributed by atoms with E-state index in [0.717, 1.165) is 17.1 Å². The smallest absolute Gasteiger partial charge is 0.220 e. The van der Waals surface area contributed by atoms with Gasteiger partial charge in [-0.25, -0.2) is 4.21 Å². The van der Waals surface area contributed by atoms with Crippen molar-refractivity contribution >= 4 is 22.5 Å². The lowest BCUT2D eigenvalue weighted by atomic mass is 10.2. The molecular formula is C8H10N2O2S. The van der Waals surface area contributed by atoms with Crippen molar-refractivity contribution in [2.75, 3.05) is 16.1 Å². The van der Waals surface area contributed by atoms with Gasteiger partial charge >= 0.3 is 0 Å². The third kappa shape index (κ3) is 1.47. The van der Waals surface area contributed by atoms with E-state index in [0.29, 0.717) is 6.61 Å². The first-order valence-corrected chi connectivity index (χ1v) is 5.17. The Labute approximate surface area is 79.0 Å². The van der Waals surface area contributed by atoms with E-state index in [-0.39, 0.29) is 0 Å². The first-order valence-electron chi connectivity index (χ1n) is 4.02. The fraction of sp³-hybridized carbons (Fsp3) is 0.250. The highest BCUT2D eigenvalue weighted by atomic mass is 32.2. The molecule has 1 aromatic rings.